The number of halogens is 2. The molecule has 0 heterocycles. The molecule has 2 rings (SSSR count). The van der Waals surface area contributed by atoms with Crippen molar-refractivity contribution in [3.8, 4) is 5.75 Å². The highest BCUT2D eigenvalue weighted by atomic mass is 19.3. The number of amides is 1. The van der Waals surface area contributed by atoms with Gasteiger partial charge in [0.05, 0.1) is 6.42 Å². The van der Waals surface area contributed by atoms with Crippen molar-refractivity contribution in [1.29, 1.82) is 0 Å². The fraction of sp³-hybridized carbons (Fsp3) is 0.235. The van der Waals surface area contributed by atoms with Gasteiger partial charge in [-0.15, -0.1) is 0 Å². The number of ether oxygens (including phenoxy) is 1. The summed E-state index contributed by atoms with van der Waals surface area (Å²) in [5, 5.41) is 2.86. The summed E-state index contributed by atoms with van der Waals surface area (Å²) < 4.78 is 28.4. The van der Waals surface area contributed by atoms with Gasteiger partial charge < -0.3 is 10.1 Å². The van der Waals surface area contributed by atoms with Crippen molar-refractivity contribution in [3.63, 3.8) is 0 Å². The molecule has 22 heavy (non-hydrogen) atoms. The van der Waals surface area contributed by atoms with Crippen LogP contribution in [0.25, 0.3) is 0 Å². The summed E-state index contributed by atoms with van der Waals surface area (Å²) in [6.07, 6.45) is 0.169. The Morgan fingerprint density at radius 3 is 2.45 bits per heavy atom. The summed E-state index contributed by atoms with van der Waals surface area (Å²) in [5.41, 5.74) is 3.56. The first-order valence-corrected chi connectivity index (χ1v) is 6.85. The largest absolute Gasteiger partial charge is 0.435 e. The standard InChI is InChI=1S/C17H17F2NO2/c1-11-3-4-12(2)15(9-11)20-16(21)10-13-5-7-14(8-6-13)22-17(18)19/h3-9,17H,10H2,1-2H3,(H,20,21). The maximum absolute atomic E-state index is 12.1. The summed E-state index contributed by atoms with van der Waals surface area (Å²) in [7, 11) is 0. The molecule has 5 heteroatoms. The average molecular weight is 305 g/mol. The Kier molecular flexibility index (Phi) is 5.09. The van der Waals surface area contributed by atoms with E-state index in [0.29, 0.717) is 0 Å². The monoisotopic (exact) mass is 305 g/mol. The second-order valence-electron chi connectivity index (χ2n) is 5.07. The van der Waals surface area contributed by atoms with E-state index in [1.54, 1.807) is 12.1 Å². The third kappa shape index (κ3) is 4.55. The van der Waals surface area contributed by atoms with Gasteiger partial charge >= 0.3 is 6.61 Å². The molecule has 0 saturated heterocycles. The molecule has 0 saturated carbocycles. The topological polar surface area (TPSA) is 38.3 Å². The lowest BCUT2D eigenvalue weighted by Crippen LogP contribution is -2.15. The predicted octanol–water partition coefficient (Wildman–Crippen LogP) is 4.09. The zero-order valence-corrected chi connectivity index (χ0v) is 12.4. The Labute approximate surface area is 127 Å². The molecule has 1 N–H and O–H groups in total. The van der Waals surface area contributed by atoms with E-state index in [0.717, 1.165) is 22.4 Å². The van der Waals surface area contributed by atoms with E-state index in [1.165, 1.54) is 12.1 Å². The molecule has 0 spiro atoms. The number of carbonyl (C=O) groups excluding carboxylic acids is 1. The van der Waals surface area contributed by atoms with E-state index in [-0.39, 0.29) is 18.1 Å². The number of benzene rings is 2. The van der Waals surface area contributed by atoms with Crippen LogP contribution in [0.5, 0.6) is 5.75 Å². The van der Waals surface area contributed by atoms with Gasteiger partial charge in [-0.3, -0.25) is 4.79 Å². The number of anilines is 1. The second kappa shape index (κ2) is 7.02. The van der Waals surface area contributed by atoms with E-state index in [9.17, 15) is 13.6 Å². The van der Waals surface area contributed by atoms with Gasteiger partial charge in [-0.2, -0.15) is 8.78 Å². The van der Waals surface area contributed by atoms with Crippen LogP contribution in [0.1, 0.15) is 16.7 Å². The van der Waals surface area contributed by atoms with E-state index >= 15 is 0 Å². The van der Waals surface area contributed by atoms with Gasteiger partial charge in [0.2, 0.25) is 5.91 Å². The third-order valence-electron chi connectivity index (χ3n) is 3.18. The maximum atomic E-state index is 12.1. The van der Waals surface area contributed by atoms with Crippen LogP contribution >= 0.6 is 0 Å². The number of rotatable bonds is 5. The van der Waals surface area contributed by atoms with Gasteiger partial charge in [0.15, 0.2) is 0 Å². The average Bonchev–Trinajstić information content (AvgIpc) is 2.44. The van der Waals surface area contributed by atoms with E-state index in [4.69, 9.17) is 0 Å². The minimum absolute atomic E-state index is 0.0775. The molecule has 0 unspecified atom stereocenters. The molecule has 0 fully saturated rings. The first-order chi connectivity index (χ1) is 10.4. The Bertz CT molecular complexity index is 654. The van der Waals surface area contributed by atoms with Gasteiger partial charge in [-0.1, -0.05) is 24.3 Å². The molecule has 1 amide bonds. The molecule has 0 bridgehead atoms. The normalized spacial score (nSPS) is 10.6. The van der Waals surface area contributed by atoms with E-state index in [2.05, 4.69) is 10.1 Å². The SMILES string of the molecule is Cc1ccc(C)c(NC(=O)Cc2ccc(OC(F)F)cc2)c1. The molecule has 0 radical (unpaired) electrons. The highest BCUT2D eigenvalue weighted by molar-refractivity contribution is 5.93. The van der Waals surface area contributed by atoms with Gasteiger partial charge in [0.1, 0.15) is 5.75 Å². The Morgan fingerprint density at radius 1 is 1.14 bits per heavy atom. The zero-order chi connectivity index (χ0) is 16.1. The van der Waals surface area contributed by atoms with E-state index in [1.807, 2.05) is 32.0 Å². The van der Waals surface area contributed by atoms with E-state index < -0.39 is 6.61 Å². The van der Waals surface area contributed by atoms with Gasteiger partial charge in [0, 0.05) is 5.69 Å². The fourth-order valence-electron chi connectivity index (χ4n) is 2.04. The van der Waals surface area contributed by atoms with Crippen LogP contribution in [0.15, 0.2) is 42.5 Å². The lowest BCUT2D eigenvalue weighted by molar-refractivity contribution is -0.115. The van der Waals surface area contributed by atoms with Gasteiger partial charge in [-0.25, -0.2) is 0 Å². The van der Waals surface area contributed by atoms with Crippen LogP contribution in [0.2, 0.25) is 0 Å². The molecule has 0 aliphatic carbocycles. The number of aryl methyl sites for hydroxylation is 2. The molecular formula is C17H17F2NO2. The molecule has 0 aliphatic heterocycles. The molecular weight excluding hydrogens is 288 g/mol. The summed E-state index contributed by atoms with van der Waals surface area (Å²) in [4.78, 5) is 12.0. The van der Waals surface area contributed by atoms with Crippen LogP contribution in [0.4, 0.5) is 14.5 Å². The van der Waals surface area contributed by atoms with Crippen LogP contribution in [-0.2, 0) is 11.2 Å². The highest BCUT2D eigenvalue weighted by Crippen LogP contribution is 2.18. The molecule has 2 aromatic rings. The number of carbonyl (C=O) groups is 1. The van der Waals surface area contributed by atoms with Crippen LogP contribution in [-0.4, -0.2) is 12.5 Å². The van der Waals surface area contributed by atoms with Crippen molar-refractivity contribution in [1.82, 2.24) is 0 Å². The number of nitrogens with one attached hydrogen (secondary N) is 1. The smallest absolute Gasteiger partial charge is 0.387 e. The number of hydrogen-bond acceptors (Lipinski definition) is 2. The van der Waals surface area contributed by atoms with Crippen LogP contribution in [0, 0.1) is 13.8 Å². The molecule has 0 aliphatic rings. The minimum Gasteiger partial charge on any atom is -0.435 e. The fourth-order valence-corrected chi connectivity index (χ4v) is 2.04. The Hall–Kier alpha value is -2.43. The molecule has 0 atom stereocenters. The third-order valence-corrected chi connectivity index (χ3v) is 3.18. The first-order valence-electron chi connectivity index (χ1n) is 6.85. The second-order valence-corrected chi connectivity index (χ2v) is 5.07. The quantitative estimate of drug-likeness (QED) is 0.903. The molecule has 3 nitrogen and oxygen atoms in total. The Morgan fingerprint density at radius 2 is 1.82 bits per heavy atom. The number of hydrogen-bond donors (Lipinski definition) is 1. The predicted molar refractivity (Wildman–Crippen MR) is 81.3 cm³/mol. The summed E-state index contributed by atoms with van der Waals surface area (Å²) >= 11 is 0. The summed E-state index contributed by atoms with van der Waals surface area (Å²) in [5.74, 6) is -0.0788. The summed E-state index contributed by atoms with van der Waals surface area (Å²) in [6, 6.07) is 11.9. The van der Waals surface area contributed by atoms with Crippen LogP contribution < -0.4 is 10.1 Å². The van der Waals surface area contributed by atoms with Crippen molar-refractivity contribution in [3.05, 3.63) is 59.2 Å². The van der Waals surface area contributed by atoms with Gasteiger partial charge in [-0.05, 0) is 48.7 Å². The Balaban J connectivity index is 1.98. The van der Waals surface area contributed by atoms with Crippen molar-refractivity contribution in [2.75, 3.05) is 5.32 Å². The molecule has 116 valence electrons. The first kappa shape index (κ1) is 15.9. The van der Waals surface area contributed by atoms with Crippen molar-refractivity contribution in [2.45, 2.75) is 26.9 Å². The van der Waals surface area contributed by atoms with Gasteiger partial charge in [0.25, 0.3) is 0 Å². The van der Waals surface area contributed by atoms with Crippen molar-refractivity contribution < 1.29 is 18.3 Å². The summed E-state index contributed by atoms with van der Waals surface area (Å²) in [6.45, 7) is 1.03. The molecule has 0 aromatic heterocycles. The number of alkyl halides is 2. The molecule has 2 aromatic carbocycles. The lowest BCUT2D eigenvalue weighted by Gasteiger charge is -2.10. The lowest BCUT2D eigenvalue weighted by atomic mass is 10.1. The maximum Gasteiger partial charge on any atom is 0.387 e. The van der Waals surface area contributed by atoms with Crippen LogP contribution in [0.3, 0.4) is 0 Å². The zero-order valence-electron chi connectivity index (χ0n) is 12.4. The van der Waals surface area contributed by atoms with Crippen molar-refractivity contribution >= 4 is 11.6 Å². The van der Waals surface area contributed by atoms with Crippen molar-refractivity contribution in [2.24, 2.45) is 0 Å². The minimum atomic E-state index is -2.85. The highest BCUT2D eigenvalue weighted by Gasteiger charge is 2.08.